The zero-order chi connectivity index (χ0) is 20.4. The highest BCUT2D eigenvalue weighted by Gasteiger charge is 2.27. The third-order valence-corrected chi connectivity index (χ3v) is 3.65. The second kappa shape index (κ2) is 10.5. The van der Waals surface area contributed by atoms with Crippen molar-refractivity contribution in [1.29, 1.82) is 0 Å². The molecule has 2 atom stereocenters. The molecule has 1 rings (SSSR count). The molecule has 0 heterocycles. The van der Waals surface area contributed by atoms with Crippen LogP contribution in [0.15, 0.2) is 30.3 Å². The summed E-state index contributed by atoms with van der Waals surface area (Å²) >= 11 is 0. The fourth-order valence-electron chi connectivity index (χ4n) is 2.36. The lowest BCUT2D eigenvalue weighted by Gasteiger charge is -2.24. The van der Waals surface area contributed by atoms with E-state index in [9.17, 15) is 14.4 Å². The molecule has 5 N–H and O–H groups in total. The molecule has 0 saturated carbocycles. The SMILES string of the molecule is CC(C)(C)OC(=O)NC(CCO)C(=O)N[C@@H](CCc1ccccc1)C(N)=O. The Balaban J connectivity index is 2.69. The number of amides is 3. The van der Waals surface area contributed by atoms with Gasteiger partial charge in [0.15, 0.2) is 0 Å². The molecule has 150 valence electrons. The molecular formula is C19H29N3O5. The lowest BCUT2D eigenvalue weighted by molar-refractivity contribution is -0.129. The van der Waals surface area contributed by atoms with E-state index in [1.807, 2.05) is 30.3 Å². The largest absolute Gasteiger partial charge is 0.444 e. The summed E-state index contributed by atoms with van der Waals surface area (Å²) in [5.41, 5.74) is 5.68. The molecule has 0 aliphatic heterocycles. The van der Waals surface area contributed by atoms with Crippen molar-refractivity contribution < 1.29 is 24.2 Å². The predicted octanol–water partition coefficient (Wildman–Crippen LogP) is 0.865. The van der Waals surface area contributed by atoms with Gasteiger partial charge in [0, 0.05) is 6.61 Å². The first kappa shape index (κ1) is 22.4. The average molecular weight is 379 g/mol. The number of hydrogen-bond donors (Lipinski definition) is 4. The first-order valence-corrected chi connectivity index (χ1v) is 8.86. The van der Waals surface area contributed by atoms with Crippen molar-refractivity contribution in [2.75, 3.05) is 6.61 Å². The Bertz CT molecular complexity index is 628. The number of hydrogen-bond acceptors (Lipinski definition) is 5. The summed E-state index contributed by atoms with van der Waals surface area (Å²) in [7, 11) is 0. The van der Waals surface area contributed by atoms with E-state index in [0.29, 0.717) is 12.8 Å². The molecule has 0 radical (unpaired) electrons. The topological polar surface area (TPSA) is 131 Å². The van der Waals surface area contributed by atoms with Crippen LogP contribution in [0.5, 0.6) is 0 Å². The highest BCUT2D eigenvalue weighted by molar-refractivity contribution is 5.90. The molecule has 0 spiro atoms. The molecule has 1 aromatic rings. The normalized spacial score (nSPS) is 13.3. The van der Waals surface area contributed by atoms with Crippen LogP contribution in [0.25, 0.3) is 0 Å². The average Bonchev–Trinajstić information content (AvgIpc) is 2.57. The lowest BCUT2D eigenvalue weighted by Crippen LogP contribution is -2.53. The molecule has 3 amide bonds. The number of nitrogens with one attached hydrogen (secondary N) is 2. The van der Waals surface area contributed by atoms with Crippen molar-refractivity contribution in [2.24, 2.45) is 5.73 Å². The third kappa shape index (κ3) is 9.05. The summed E-state index contributed by atoms with van der Waals surface area (Å²) in [5, 5.41) is 14.1. The van der Waals surface area contributed by atoms with Crippen LogP contribution in [0.3, 0.4) is 0 Å². The molecule has 1 unspecified atom stereocenters. The number of carbonyl (C=O) groups excluding carboxylic acids is 3. The quantitative estimate of drug-likeness (QED) is 0.505. The Morgan fingerprint density at radius 3 is 2.22 bits per heavy atom. The van der Waals surface area contributed by atoms with E-state index in [4.69, 9.17) is 15.6 Å². The second-order valence-corrected chi connectivity index (χ2v) is 7.20. The van der Waals surface area contributed by atoms with Crippen LogP contribution in [-0.2, 0) is 20.7 Å². The number of rotatable bonds is 9. The van der Waals surface area contributed by atoms with Gasteiger partial charge < -0.3 is 26.2 Å². The van der Waals surface area contributed by atoms with Gasteiger partial charge in [-0.1, -0.05) is 30.3 Å². The molecule has 0 saturated heterocycles. The number of primary amides is 1. The van der Waals surface area contributed by atoms with Crippen LogP contribution in [0, 0.1) is 0 Å². The number of ether oxygens (including phenoxy) is 1. The fourth-order valence-corrected chi connectivity index (χ4v) is 2.36. The number of benzene rings is 1. The molecule has 27 heavy (non-hydrogen) atoms. The zero-order valence-corrected chi connectivity index (χ0v) is 16.0. The van der Waals surface area contributed by atoms with Crippen LogP contribution < -0.4 is 16.4 Å². The van der Waals surface area contributed by atoms with Gasteiger partial charge >= 0.3 is 6.09 Å². The number of carbonyl (C=O) groups is 3. The highest BCUT2D eigenvalue weighted by Crippen LogP contribution is 2.08. The van der Waals surface area contributed by atoms with Gasteiger partial charge in [-0.05, 0) is 45.6 Å². The van der Waals surface area contributed by atoms with Gasteiger partial charge in [0.05, 0.1) is 0 Å². The molecule has 8 heteroatoms. The molecule has 0 aromatic heterocycles. The van der Waals surface area contributed by atoms with Crippen molar-refractivity contribution >= 4 is 17.9 Å². The van der Waals surface area contributed by atoms with E-state index >= 15 is 0 Å². The van der Waals surface area contributed by atoms with Crippen LogP contribution in [-0.4, -0.2) is 47.3 Å². The number of aliphatic hydroxyl groups is 1. The molecule has 1 aromatic carbocycles. The first-order valence-electron chi connectivity index (χ1n) is 8.86. The maximum Gasteiger partial charge on any atom is 0.408 e. The second-order valence-electron chi connectivity index (χ2n) is 7.20. The smallest absolute Gasteiger partial charge is 0.408 e. The molecule has 0 aliphatic carbocycles. The maximum absolute atomic E-state index is 12.5. The van der Waals surface area contributed by atoms with Gasteiger partial charge in [-0.3, -0.25) is 9.59 Å². The van der Waals surface area contributed by atoms with E-state index in [2.05, 4.69) is 10.6 Å². The van der Waals surface area contributed by atoms with Crippen LogP contribution in [0.4, 0.5) is 4.79 Å². The van der Waals surface area contributed by atoms with Gasteiger partial charge in [-0.15, -0.1) is 0 Å². The van der Waals surface area contributed by atoms with Gasteiger partial charge in [-0.25, -0.2) is 4.79 Å². The Morgan fingerprint density at radius 2 is 1.70 bits per heavy atom. The van der Waals surface area contributed by atoms with Crippen LogP contribution >= 0.6 is 0 Å². The summed E-state index contributed by atoms with van der Waals surface area (Å²) in [6, 6.07) is 7.56. The minimum absolute atomic E-state index is 0.0186. The minimum atomic E-state index is -1.04. The first-order chi connectivity index (χ1) is 12.6. The fraction of sp³-hybridized carbons (Fsp3) is 0.526. The minimum Gasteiger partial charge on any atom is -0.444 e. The molecule has 0 fully saturated rings. The van der Waals surface area contributed by atoms with E-state index in [-0.39, 0.29) is 13.0 Å². The Kier molecular flexibility index (Phi) is 8.74. The Hall–Kier alpha value is -2.61. The maximum atomic E-state index is 12.5. The third-order valence-electron chi connectivity index (χ3n) is 3.65. The molecule has 8 nitrogen and oxygen atoms in total. The van der Waals surface area contributed by atoms with Gasteiger partial charge in [-0.2, -0.15) is 0 Å². The zero-order valence-electron chi connectivity index (χ0n) is 16.0. The highest BCUT2D eigenvalue weighted by atomic mass is 16.6. The van der Waals surface area contributed by atoms with Gasteiger partial charge in [0.25, 0.3) is 0 Å². The monoisotopic (exact) mass is 379 g/mol. The summed E-state index contributed by atoms with van der Waals surface area (Å²) in [4.78, 5) is 36.0. The van der Waals surface area contributed by atoms with E-state index < -0.39 is 35.6 Å². The van der Waals surface area contributed by atoms with Gasteiger partial charge in [0.1, 0.15) is 17.7 Å². The number of alkyl carbamates (subject to hydrolysis) is 1. The van der Waals surface area contributed by atoms with Crippen molar-refractivity contribution in [3.63, 3.8) is 0 Å². The Labute approximate surface area is 159 Å². The summed E-state index contributed by atoms with van der Waals surface area (Å²) < 4.78 is 5.12. The van der Waals surface area contributed by atoms with Crippen molar-refractivity contribution in [2.45, 2.75) is 57.7 Å². The van der Waals surface area contributed by atoms with Gasteiger partial charge in [0.2, 0.25) is 11.8 Å². The summed E-state index contributed by atoms with van der Waals surface area (Å²) in [6.45, 7) is 4.76. The number of aliphatic hydroxyl groups excluding tert-OH is 1. The predicted molar refractivity (Wildman–Crippen MR) is 101 cm³/mol. The van der Waals surface area contributed by atoms with E-state index in [1.165, 1.54) is 0 Å². The van der Waals surface area contributed by atoms with Crippen LogP contribution in [0.1, 0.15) is 39.2 Å². The van der Waals surface area contributed by atoms with E-state index in [1.54, 1.807) is 20.8 Å². The number of nitrogens with two attached hydrogens (primary N) is 1. The van der Waals surface area contributed by atoms with Crippen LogP contribution in [0.2, 0.25) is 0 Å². The molecule has 0 aliphatic rings. The standard InChI is InChI=1S/C19H29N3O5/c1-19(2,3)27-18(26)22-15(11-12-23)17(25)21-14(16(20)24)10-9-13-7-5-4-6-8-13/h4-8,14-15,23H,9-12H2,1-3H3,(H2,20,24)(H,21,25)(H,22,26)/t14-,15?/m0/s1. The van der Waals surface area contributed by atoms with E-state index in [0.717, 1.165) is 5.56 Å². The van der Waals surface area contributed by atoms with Crippen molar-refractivity contribution in [3.05, 3.63) is 35.9 Å². The number of aryl methyl sites for hydroxylation is 1. The lowest BCUT2D eigenvalue weighted by atomic mass is 10.0. The molecular weight excluding hydrogens is 350 g/mol. The Morgan fingerprint density at radius 1 is 1.07 bits per heavy atom. The van der Waals surface area contributed by atoms with Crippen molar-refractivity contribution in [3.8, 4) is 0 Å². The summed E-state index contributed by atoms with van der Waals surface area (Å²) in [5.74, 6) is -1.27. The van der Waals surface area contributed by atoms with Crippen molar-refractivity contribution in [1.82, 2.24) is 10.6 Å². The summed E-state index contributed by atoms with van der Waals surface area (Å²) in [6.07, 6.45) is 0.0772. The molecule has 0 bridgehead atoms.